The zero-order chi connectivity index (χ0) is 18.5. The summed E-state index contributed by atoms with van der Waals surface area (Å²) in [6, 6.07) is 12.3. The average Bonchev–Trinajstić information content (AvgIpc) is 2.62. The number of rotatable bonds is 6. The summed E-state index contributed by atoms with van der Waals surface area (Å²) < 4.78 is 5.27. The number of carbonyl (C=O) groups is 1. The molecular formula is C19H19ClN2O3. The van der Waals surface area contributed by atoms with Gasteiger partial charge in [-0.25, -0.2) is 5.43 Å². The lowest BCUT2D eigenvalue weighted by Crippen LogP contribution is -2.02. The number of hydrogen-bond donors (Lipinski definition) is 2. The second kappa shape index (κ2) is 11.5. The summed E-state index contributed by atoms with van der Waals surface area (Å²) in [5.74, 6) is 3.26. The molecule has 0 saturated heterocycles. The zero-order valence-corrected chi connectivity index (χ0v) is 14.5. The van der Waals surface area contributed by atoms with Gasteiger partial charge in [0.05, 0.1) is 6.21 Å². The van der Waals surface area contributed by atoms with Crippen molar-refractivity contribution in [2.24, 2.45) is 5.10 Å². The molecule has 0 fully saturated rings. The number of hydrazone groups is 1. The van der Waals surface area contributed by atoms with Gasteiger partial charge in [0.1, 0.15) is 18.1 Å². The highest BCUT2D eigenvalue weighted by Crippen LogP contribution is 2.21. The smallest absolute Gasteiger partial charge is 0.227 e. The lowest BCUT2D eigenvalue weighted by atomic mass is 10.2. The first kappa shape index (κ1) is 20.1. The molecule has 2 aromatic rings. The summed E-state index contributed by atoms with van der Waals surface area (Å²) in [4.78, 5) is 10.0. The summed E-state index contributed by atoms with van der Waals surface area (Å²) >= 11 is 5.82. The van der Waals surface area contributed by atoms with Crippen molar-refractivity contribution in [1.82, 2.24) is 5.43 Å². The van der Waals surface area contributed by atoms with E-state index in [9.17, 15) is 4.79 Å². The van der Waals surface area contributed by atoms with Crippen LogP contribution in [0.15, 0.2) is 47.6 Å². The molecule has 25 heavy (non-hydrogen) atoms. The Bertz CT molecular complexity index is 755. The number of nitrogens with zero attached hydrogens (tertiary/aromatic N) is 1. The topological polar surface area (TPSA) is 70.9 Å². The number of hydrogen-bond acceptors (Lipinski definition) is 4. The lowest BCUT2D eigenvalue weighted by Gasteiger charge is -2.06. The van der Waals surface area contributed by atoms with E-state index in [0.29, 0.717) is 28.5 Å². The van der Waals surface area contributed by atoms with Crippen LogP contribution in [0.4, 0.5) is 0 Å². The molecule has 0 saturated carbocycles. The van der Waals surface area contributed by atoms with Gasteiger partial charge in [-0.15, -0.1) is 6.42 Å². The molecule has 1 amide bonds. The van der Waals surface area contributed by atoms with Gasteiger partial charge in [-0.2, -0.15) is 5.10 Å². The van der Waals surface area contributed by atoms with E-state index < -0.39 is 0 Å². The first-order valence-electron chi connectivity index (χ1n) is 7.46. The number of halogens is 1. The maximum Gasteiger partial charge on any atom is 0.227 e. The van der Waals surface area contributed by atoms with Crippen LogP contribution in [0.2, 0.25) is 5.02 Å². The summed E-state index contributed by atoms with van der Waals surface area (Å²) in [5.41, 5.74) is 3.96. The van der Waals surface area contributed by atoms with Crippen LogP contribution in [0, 0.1) is 12.3 Å². The number of terminal acetylenes is 1. The number of phenols is 1. The van der Waals surface area contributed by atoms with Gasteiger partial charge in [0.2, 0.25) is 6.41 Å². The number of aryl methyl sites for hydroxylation is 1. The molecule has 0 aliphatic rings. The van der Waals surface area contributed by atoms with Crippen molar-refractivity contribution in [3.63, 3.8) is 0 Å². The van der Waals surface area contributed by atoms with Gasteiger partial charge in [0, 0.05) is 10.6 Å². The number of amides is 1. The van der Waals surface area contributed by atoms with E-state index in [1.54, 1.807) is 30.3 Å². The molecule has 2 N–H and O–H groups in total. The van der Waals surface area contributed by atoms with Gasteiger partial charge in [0.25, 0.3) is 0 Å². The third kappa shape index (κ3) is 7.91. The van der Waals surface area contributed by atoms with Crippen molar-refractivity contribution in [1.29, 1.82) is 0 Å². The minimum absolute atomic E-state index is 0.156. The molecule has 2 rings (SSSR count). The normalized spacial score (nSPS) is 9.64. The Labute approximate surface area is 152 Å². The Morgan fingerprint density at radius 3 is 2.76 bits per heavy atom. The van der Waals surface area contributed by atoms with Crippen molar-refractivity contribution in [3.05, 3.63) is 58.6 Å². The number of carbonyl (C=O) groups excluding carboxylic acids is 1. The molecule has 0 bridgehead atoms. The molecule has 0 spiro atoms. The zero-order valence-electron chi connectivity index (χ0n) is 13.8. The number of phenolic OH excluding ortho intramolecular Hbond substituents is 1. The van der Waals surface area contributed by atoms with Crippen molar-refractivity contribution in [2.45, 2.75) is 13.3 Å². The quantitative estimate of drug-likeness (QED) is 0.360. The van der Waals surface area contributed by atoms with E-state index >= 15 is 0 Å². The summed E-state index contributed by atoms with van der Waals surface area (Å²) in [6.07, 6.45) is 7.95. The standard InChI is InChI=1S/C11H9ClN2O2.C8H10O/c1-2-5-16-11-4-3-10(12)6-9(11)7-13-14-8-15;1-2-7-4-3-5-8(9)6-7/h1,3-4,6-8H,5H2,(H,14,15);3-6,9H,2H2,1H3/b13-7+;. The molecule has 0 aromatic heterocycles. The van der Waals surface area contributed by atoms with Gasteiger partial charge in [0.15, 0.2) is 0 Å². The summed E-state index contributed by atoms with van der Waals surface area (Å²) in [6.45, 7) is 2.22. The van der Waals surface area contributed by atoms with Crippen LogP contribution in [0.1, 0.15) is 18.1 Å². The third-order valence-electron chi connectivity index (χ3n) is 2.93. The second-order valence-corrected chi connectivity index (χ2v) is 5.14. The van der Waals surface area contributed by atoms with Crippen molar-refractivity contribution >= 4 is 24.2 Å². The van der Waals surface area contributed by atoms with Gasteiger partial charge < -0.3 is 9.84 Å². The second-order valence-electron chi connectivity index (χ2n) is 4.70. The van der Waals surface area contributed by atoms with Gasteiger partial charge in [-0.05, 0) is 42.3 Å². The van der Waals surface area contributed by atoms with Crippen LogP contribution in [0.3, 0.4) is 0 Å². The lowest BCUT2D eigenvalue weighted by molar-refractivity contribution is -0.109. The van der Waals surface area contributed by atoms with E-state index in [4.69, 9.17) is 27.9 Å². The molecule has 130 valence electrons. The molecule has 0 aliphatic carbocycles. The Morgan fingerprint density at radius 2 is 2.16 bits per heavy atom. The maximum absolute atomic E-state index is 10.0. The Balaban J connectivity index is 0.000000293. The van der Waals surface area contributed by atoms with Crippen LogP contribution in [-0.2, 0) is 11.2 Å². The fourth-order valence-corrected chi connectivity index (χ4v) is 1.97. The molecule has 6 heteroatoms. The van der Waals surface area contributed by atoms with Gasteiger partial charge in [-0.1, -0.05) is 36.6 Å². The molecule has 0 radical (unpaired) electrons. The molecular weight excluding hydrogens is 340 g/mol. The molecule has 5 nitrogen and oxygen atoms in total. The van der Waals surface area contributed by atoms with Gasteiger partial charge in [-0.3, -0.25) is 4.79 Å². The number of benzene rings is 2. The van der Waals surface area contributed by atoms with Crippen LogP contribution in [0.25, 0.3) is 0 Å². The highest BCUT2D eigenvalue weighted by Gasteiger charge is 2.02. The molecule has 0 atom stereocenters. The molecule has 0 heterocycles. The average molecular weight is 359 g/mol. The number of ether oxygens (including phenoxy) is 1. The minimum Gasteiger partial charge on any atom is -0.508 e. The predicted molar refractivity (Wildman–Crippen MR) is 100 cm³/mol. The Kier molecular flexibility index (Phi) is 9.27. The number of nitrogens with one attached hydrogen (secondary N) is 1. The van der Waals surface area contributed by atoms with Crippen LogP contribution >= 0.6 is 11.6 Å². The van der Waals surface area contributed by atoms with Crippen LogP contribution in [0.5, 0.6) is 11.5 Å². The SMILES string of the molecule is C#CCOc1ccc(Cl)cc1/C=N/NC=O.CCc1cccc(O)c1. The Hall–Kier alpha value is -2.97. The minimum atomic E-state index is 0.156. The molecule has 2 aromatic carbocycles. The summed E-state index contributed by atoms with van der Waals surface area (Å²) in [7, 11) is 0. The van der Waals surface area contributed by atoms with Crippen molar-refractivity contribution < 1.29 is 14.6 Å². The van der Waals surface area contributed by atoms with E-state index in [-0.39, 0.29) is 6.61 Å². The van der Waals surface area contributed by atoms with Crippen molar-refractivity contribution in [2.75, 3.05) is 6.61 Å². The molecule has 0 unspecified atom stereocenters. The largest absolute Gasteiger partial charge is 0.508 e. The highest BCUT2D eigenvalue weighted by atomic mass is 35.5. The summed E-state index contributed by atoms with van der Waals surface area (Å²) in [5, 5.41) is 13.1. The first-order valence-corrected chi connectivity index (χ1v) is 7.84. The van der Waals surface area contributed by atoms with E-state index in [1.807, 2.05) is 12.1 Å². The van der Waals surface area contributed by atoms with E-state index in [1.165, 1.54) is 11.8 Å². The van der Waals surface area contributed by atoms with Crippen LogP contribution < -0.4 is 10.2 Å². The van der Waals surface area contributed by atoms with Crippen LogP contribution in [-0.4, -0.2) is 24.3 Å². The Morgan fingerprint density at radius 1 is 1.36 bits per heavy atom. The van der Waals surface area contributed by atoms with E-state index in [2.05, 4.69) is 23.4 Å². The highest BCUT2D eigenvalue weighted by molar-refractivity contribution is 6.30. The van der Waals surface area contributed by atoms with Crippen molar-refractivity contribution in [3.8, 4) is 23.8 Å². The fourth-order valence-electron chi connectivity index (χ4n) is 1.78. The monoisotopic (exact) mass is 358 g/mol. The first-order chi connectivity index (χ1) is 12.1. The maximum atomic E-state index is 10.0. The fraction of sp³-hybridized carbons (Fsp3) is 0.158. The molecule has 0 aliphatic heterocycles. The third-order valence-corrected chi connectivity index (χ3v) is 3.17. The van der Waals surface area contributed by atoms with Gasteiger partial charge >= 0.3 is 0 Å². The predicted octanol–water partition coefficient (Wildman–Crippen LogP) is 3.39. The van der Waals surface area contributed by atoms with E-state index in [0.717, 1.165) is 6.42 Å². The number of aromatic hydroxyl groups is 1.